The van der Waals surface area contributed by atoms with Gasteiger partial charge in [0.2, 0.25) is 5.88 Å². The predicted molar refractivity (Wildman–Crippen MR) is 67.1 cm³/mol. The number of nitrogen functional groups attached to an aromatic ring is 1. The zero-order valence-electron chi connectivity index (χ0n) is 9.85. The van der Waals surface area contributed by atoms with Crippen LogP contribution in [-0.2, 0) is 0 Å². The average Bonchev–Trinajstić information content (AvgIpc) is 2.35. The van der Waals surface area contributed by atoms with Crippen molar-refractivity contribution in [3.8, 4) is 17.4 Å². The van der Waals surface area contributed by atoms with Gasteiger partial charge in [-0.25, -0.2) is 15.0 Å². The Morgan fingerprint density at radius 2 is 2.00 bits per heavy atom. The first kappa shape index (κ1) is 12.4. The first-order valence-corrected chi connectivity index (χ1v) is 5.44. The molecule has 0 fully saturated rings. The van der Waals surface area contributed by atoms with E-state index in [1.54, 1.807) is 13.0 Å². The van der Waals surface area contributed by atoms with Gasteiger partial charge in [-0.05, 0) is 6.92 Å². The third kappa shape index (κ3) is 2.60. The lowest BCUT2D eigenvalue weighted by molar-refractivity contribution is 0.392. The topological polar surface area (TPSA) is 83.2 Å². The molecule has 0 aromatic carbocycles. The number of hydrogen-bond donors (Lipinski definition) is 1. The zero-order chi connectivity index (χ0) is 13.1. The van der Waals surface area contributed by atoms with E-state index in [1.165, 1.54) is 19.5 Å². The number of ether oxygens (including phenoxy) is 2. The van der Waals surface area contributed by atoms with Crippen molar-refractivity contribution in [2.75, 3.05) is 12.8 Å². The van der Waals surface area contributed by atoms with Gasteiger partial charge in [0.25, 0.3) is 0 Å². The van der Waals surface area contributed by atoms with Crippen LogP contribution in [0.5, 0.6) is 17.4 Å². The second-order valence-corrected chi connectivity index (χ2v) is 3.83. The molecule has 2 heterocycles. The first-order valence-electron chi connectivity index (χ1n) is 5.06. The highest BCUT2D eigenvalue weighted by Crippen LogP contribution is 2.32. The van der Waals surface area contributed by atoms with Gasteiger partial charge in [0, 0.05) is 6.07 Å². The molecule has 0 atom stereocenters. The molecule has 0 radical (unpaired) electrons. The maximum Gasteiger partial charge on any atom is 0.216 e. The van der Waals surface area contributed by atoms with E-state index in [-0.39, 0.29) is 5.82 Å². The highest BCUT2D eigenvalue weighted by molar-refractivity contribution is 6.31. The van der Waals surface area contributed by atoms with E-state index in [4.69, 9.17) is 26.8 Å². The molecule has 18 heavy (non-hydrogen) atoms. The minimum atomic E-state index is 0.245. The van der Waals surface area contributed by atoms with Gasteiger partial charge in [-0.2, -0.15) is 0 Å². The van der Waals surface area contributed by atoms with Crippen LogP contribution in [0.25, 0.3) is 0 Å². The molecule has 0 saturated heterocycles. The smallest absolute Gasteiger partial charge is 0.216 e. The van der Waals surface area contributed by atoms with Crippen LogP contribution < -0.4 is 15.2 Å². The standard InChI is InChI=1S/C11H11ClN4O2/c1-6-14-5-9(11(13)16-6)18-8-3-10(17-2)15-4-7(8)12/h3-5H,1-2H3,(H2,13,14,16). The maximum atomic E-state index is 5.96. The van der Waals surface area contributed by atoms with E-state index >= 15 is 0 Å². The van der Waals surface area contributed by atoms with Crippen LogP contribution in [0.4, 0.5) is 5.82 Å². The van der Waals surface area contributed by atoms with Crippen molar-refractivity contribution >= 4 is 17.4 Å². The largest absolute Gasteiger partial charge is 0.481 e. The van der Waals surface area contributed by atoms with Gasteiger partial charge in [0.05, 0.1) is 19.5 Å². The number of pyridine rings is 1. The summed E-state index contributed by atoms with van der Waals surface area (Å²) in [7, 11) is 1.50. The van der Waals surface area contributed by atoms with Gasteiger partial charge in [-0.3, -0.25) is 0 Å². The monoisotopic (exact) mass is 266 g/mol. The minimum Gasteiger partial charge on any atom is -0.481 e. The van der Waals surface area contributed by atoms with Crippen LogP contribution in [0, 0.1) is 6.92 Å². The number of rotatable bonds is 3. The van der Waals surface area contributed by atoms with E-state index in [0.717, 1.165) is 0 Å². The summed E-state index contributed by atoms with van der Waals surface area (Å²) < 4.78 is 10.5. The van der Waals surface area contributed by atoms with Crippen molar-refractivity contribution in [1.82, 2.24) is 15.0 Å². The third-order valence-electron chi connectivity index (χ3n) is 2.13. The van der Waals surface area contributed by atoms with Crippen LogP contribution in [0.3, 0.4) is 0 Å². The second kappa shape index (κ2) is 5.05. The second-order valence-electron chi connectivity index (χ2n) is 3.43. The number of aryl methyl sites for hydroxylation is 1. The molecule has 0 aliphatic rings. The Kier molecular flexibility index (Phi) is 3.47. The molecule has 0 bridgehead atoms. The summed E-state index contributed by atoms with van der Waals surface area (Å²) in [4.78, 5) is 11.9. The number of halogens is 1. The quantitative estimate of drug-likeness (QED) is 0.917. The van der Waals surface area contributed by atoms with Crippen molar-refractivity contribution < 1.29 is 9.47 Å². The summed E-state index contributed by atoms with van der Waals surface area (Å²) >= 11 is 5.96. The molecule has 0 unspecified atom stereocenters. The van der Waals surface area contributed by atoms with E-state index in [1.807, 2.05) is 0 Å². The molecule has 0 amide bonds. The summed E-state index contributed by atoms with van der Waals surface area (Å²) in [6, 6.07) is 1.56. The maximum absolute atomic E-state index is 5.96. The van der Waals surface area contributed by atoms with Crippen molar-refractivity contribution in [3.05, 3.63) is 29.3 Å². The normalized spacial score (nSPS) is 10.2. The molecular formula is C11H11ClN4O2. The molecule has 0 saturated carbocycles. The molecule has 0 spiro atoms. The van der Waals surface area contributed by atoms with E-state index < -0.39 is 0 Å². The summed E-state index contributed by atoms with van der Waals surface area (Å²) in [5.41, 5.74) is 5.72. The number of hydrogen-bond acceptors (Lipinski definition) is 6. The third-order valence-corrected chi connectivity index (χ3v) is 2.41. The molecule has 2 rings (SSSR count). The van der Waals surface area contributed by atoms with E-state index in [9.17, 15) is 0 Å². The highest BCUT2D eigenvalue weighted by atomic mass is 35.5. The minimum absolute atomic E-state index is 0.245. The first-order chi connectivity index (χ1) is 8.60. The molecule has 0 aliphatic heterocycles. The number of methoxy groups -OCH3 is 1. The molecule has 2 aromatic heterocycles. The van der Waals surface area contributed by atoms with Crippen molar-refractivity contribution in [1.29, 1.82) is 0 Å². The predicted octanol–water partition coefficient (Wildman–Crippen LogP) is 2.22. The number of nitrogens with zero attached hydrogens (tertiary/aromatic N) is 3. The Balaban J connectivity index is 2.33. The molecule has 0 aliphatic carbocycles. The zero-order valence-corrected chi connectivity index (χ0v) is 10.6. The Bertz CT molecular complexity index is 577. The number of aromatic nitrogens is 3. The molecule has 2 aromatic rings. The van der Waals surface area contributed by atoms with Crippen molar-refractivity contribution in [2.24, 2.45) is 0 Å². The fraction of sp³-hybridized carbons (Fsp3) is 0.182. The van der Waals surface area contributed by atoms with E-state index in [0.29, 0.717) is 28.2 Å². The average molecular weight is 267 g/mol. The van der Waals surface area contributed by atoms with Crippen LogP contribution in [0.1, 0.15) is 5.82 Å². The lowest BCUT2D eigenvalue weighted by Crippen LogP contribution is -1.99. The number of anilines is 1. The summed E-state index contributed by atoms with van der Waals surface area (Å²) in [5.74, 6) is 1.91. The molecule has 6 nitrogen and oxygen atoms in total. The van der Waals surface area contributed by atoms with Gasteiger partial charge in [0.15, 0.2) is 17.3 Å². The Morgan fingerprint density at radius 3 is 2.67 bits per heavy atom. The molecule has 2 N–H and O–H groups in total. The van der Waals surface area contributed by atoms with Crippen molar-refractivity contribution in [2.45, 2.75) is 6.92 Å². The van der Waals surface area contributed by atoms with Gasteiger partial charge in [-0.1, -0.05) is 11.6 Å². The van der Waals surface area contributed by atoms with E-state index in [2.05, 4.69) is 15.0 Å². The van der Waals surface area contributed by atoms with Crippen LogP contribution in [0.15, 0.2) is 18.5 Å². The Labute approximate surface area is 109 Å². The SMILES string of the molecule is COc1cc(Oc2cnc(C)nc2N)c(Cl)cn1. The lowest BCUT2D eigenvalue weighted by Gasteiger charge is -2.09. The van der Waals surface area contributed by atoms with Crippen LogP contribution in [-0.4, -0.2) is 22.1 Å². The Morgan fingerprint density at radius 1 is 1.22 bits per heavy atom. The van der Waals surface area contributed by atoms with Gasteiger partial charge >= 0.3 is 0 Å². The van der Waals surface area contributed by atoms with Gasteiger partial charge < -0.3 is 15.2 Å². The van der Waals surface area contributed by atoms with Crippen molar-refractivity contribution in [3.63, 3.8) is 0 Å². The van der Waals surface area contributed by atoms with Crippen LogP contribution in [0.2, 0.25) is 5.02 Å². The highest BCUT2D eigenvalue weighted by Gasteiger charge is 2.09. The summed E-state index contributed by atoms with van der Waals surface area (Å²) in [6.07, 6.45) is 2.92. The molecule has 7 heteroatoms. The fourth-order valence-corrected chi connectivity index (χ4v) is 1.41. The van der Waals surface area contributed by atoms with Gasteiger partial charge in [0.1, 0.15) is 10.8 Å². The number of nitrogens with two attached hydrogens (primary N) is 1. The molecule has 94 valence electrons. The molecular weight excluding hydrogens is 256 g/mol. The fourth-order valence-electron chi connectivity index (χ4n) is 1.27. The summed E-state index contributed by atoms with van der Waals surface area (Å²) in [5, 5.41) is 0.343. The summed E-state index contributed by atoms with van der Waals surface area (Å²) in [6.45, 7) is 1.74. The Hall–Kier alpha value is -2.08. The lowest BCUT2D eigenvalue weighted by atomic mass is 10.4. The van der Waals surface area contributed by atoms with Crippen LogP contribution >= 0.6 is 11.6 Å². The van der Waals surface area contributed by atoms with Gasteiger partial charge in [-0.15, -0.1) is 0 Å².